The quantitative estimate of drug-likeness (QED) is 0.325. The molecule has 11 nitrogen and oxygen atoms in total. The molecule has 5 rings (SSSR count). The number of amides is 1. The number of ketones is 1. The van der Waals surface area contributed by atoms with Gasteiger partial charge in [0.1, 0.15) is 0 Å². The lowest BCUT2D eigenvalue weighted by molar-refractivity contribution is -0.119. The van der Waals surface area contributed by atoms with Gasteiger partial charge >= 0.3 is 5.69 Å². The zero-order chi connectivity index (χ0) is 28.4. The summed E-state index contributed by atoms with van der Waals surface area (Å²) in [5.74, 6) is 7.36. The van der Waals surface area contributed by atoms with E-state index >= 15 is 0 Å². The van der Waals surface area contributed by atoms with E-state index in [9.17, 15) is 19.2 Å². The number of piperidine rings is 1. The first kappa shape index (κ1) is 27.7. The van der Waals surface area contributed by atoms with Crippen LogP contribution in [-0.4, -0.2) is 61.0 Å². The topological polar surface area (TPSA) is 137 Å². The fraction of sp³-hybridized carbons (Fsp3) is 0.464. The molecule has 4 heterocycles. The maximum atomic E-state index is 13.8. The molecule has 2 aliphatic heterocycles. The van der Waals surface area contributed by atoms with Gasteiger partial charge in [-0.1, -0.05) is 18.1 Å². The molecule has 2 fully saturated rings. The molecule has 1 amide bonds. The summed E-state index contributed by atoms with van der Waals surface area (Å²) in [5.41, 5.74) is 5.98. The van der Waals surface area contributed by atoms with Crippen molar-refractivity contribution in [1.82, 2.24) is 18.7 Å². The molecule has 3 N–H and O–H groups in total. The van der Waals surface area contributed by atoms with Crippen LogP contribution in [0, 0.1) is 17.8 Å². The Morgan fingerprint density at radius 1 is 1.20 bits per heavy atom. The van der Waals surface area contributed by atoms with Crippen LogP contribution in [0.3, 0.4) is 0 Å². The molecule has 2 saturated heterocycles. The molecule has 12 heteroatoms. The highest BCUT2D eigenvalue weighted by Crippen LogP contribution is 2.26. The number of carbonyl (C=O) groups excluding carboxylic acids is 2. The maximum Gasteiger partial charge on any atom is 0.332 e. The molecule has 0 bridgehead atoms. The molecule has 2 aromatic heterocycles. The van der Waals surface area contributed by atoms with E-state index in [1.54, 1.807) is 47.5 Å². The average molecular weight is 564 g/mol. The lowest BCUT2D eigenvalue weighted by Crippen LogP contribution is -2.44. The van der Waals surface area contributed by atoms with E-state index in [1.165, 1.54) is 11.6 Å². The number of para-hydroxylation sites is 1. The third kappa shape index (κ3) is 5.31. The lowest BCUT2D eigenvalue weighted by Gasteiger charge is -2.31. The van der Waals surface area contributed by atoms with E-state index in [2.05, 4.69) is 22.1 Å². The van der Waals surface area contributed by atoms with Gasteiger partial charge in [0.2, 0.25) is 11.9 Å². The Morgan fingerprint density at radius 3 is 2.73 bits per heavy atom. The number of aryl methyl sites for hydroxylation is 1. The molecule has 40 heavy (non-hydrogen) atoms. The lowest BCUT2D eigenvalue weighted by atomic mass is 10.1. The number of carbonyl (C=O) groups is 2. The summed E-state index contributed by atoms with van der Waals surface area (Å²) < 4.78 is 3.93. The van der Waals surface area contributed by atoms with Crippen LogP contribution in [0.5, 0.6) is 0 Å². The number of aromatic nitrogens is 4. The van der Waals surface area contributed by atoms with Gasteiger partial charge in [0.05, 0.1) is 18.8 Å². The normalized spacial score (nSPS) is 18.9. The van der Waals surface area contributed by atoms with Crippen molar-refractivity contribution in [3.63, 3.8) is 0 Å². The van der Waals surface area contributed by atoms with Crippen LogP contribution in [0.4, 0.5) is 11.6 Å². The minimum atomic E-state index is -0.650. The number of nitrogens with zero attached hydrogens (tertiary/aromatic N) is 5. The summed E-state index contributed by atoms with van der Waals surface area (Å²) in [5, 5.41) is 2.88. The number of benzene rings is 1. The minimum absolute atomic E-state index is 0.0228. The third-order valence-corrected chi connectivity index (χ3v) is 8.62. The van der Waals surface area contributed by atoms with Gasteiger partial charge in [-0.3, -0.25) is 28.1 Å². The highest BCUT2D eigenvalue weighted by atomic mass is 32.2. The predicted octanol–water partition coefficient (Wildman–Crippen LogP) is 1.42. The maximum absolute atomic E-state index is 13.8. The summed E-state index contributed by atoms with van der Waals surface area (Å²) in [4.78, 5) is 60.1. The number of fused-ring (bicyclic) bond motifs is 1. The van der Waals surface area contributed by atoms with Gasteiger partial charge in [0, 0.05) is 43.4 Å². The van der Waals surface area contributed by atoms with Crippen LogP contribution < -0.4 is 27.2 Å². The molecule has 3 aromatic rings. The first-order valence-electron chi connectivity index (χ1n) is 13.4. The van der Waals surface area contributed by atoms with Crippen molar-refractivity contribution in [2.75, 3.05) is 34.8 Å². The SMILES string of the molecule is CC#CCn1c(N2CCCC(N)C2)nc2c1c(=O)n(CC(=O)c1ccccc1NC(=O)C1CCSC1)c(=O)n2C. The summed E-state index contributed by atoms with van der Waals surface area (Å²) in [6.07, 6.45) is 2.58. The number of hydrogen-bond acceptors (Lipinski definition) is 8. The van der Waals surface area contributed by atoms with Gasteiger partial charge < -0.3 is 16.0 Å². The number of anilines is 2. The molecule has 2 atom stereocenters. The van der Waals surface area contributed by atoms with Crippen molar-refractivity contribution >= 4 is 46.3 Å². The number of thioether (sulfide) groups is 1. The van der Waals surface area contributed by atoms with Gasteiger partial charge in [-0.2, -0.15) is 16.7 Å². The molecule has 2 unspecified atom stereocenters. The van der Waals surface area contributed by atoms with Crippen molar-refractivity contribution < 1.29 is 9.59 Å². The van der Waals surface area contributed by atoms with Crippen LogP contribution in [0.15, 0.2) is 33.9 Å². The third-order valence-electron chi connectivity index (χ3n) is 7.45. The van der Waals surface area contributed by atoms with E-state index in [-0.39, 0.29) is 41.1 Å². The van der Waals surface area contributed by atoms with Crippen LogP contribution in [0.1, 0.15) is 36.5 Å². The van der Waals surface area contributed by atoms with Crippen molar-refractivity contribution in [1.29, 1.82) is 0 Å². The highest BCUT2D eigenvalue weighted by Gasteiger charge is 2.28. The van der Waals surface area contributed by atoms with E-state index in [4.69, 9.17) is 5.73 Å². The van der Waals surface area contributed by atoms with E-state index in [0.717, 1.165) is 41.9 Å². The fourth-order valence-corrected chi connectivity index (χ4v) is 6.50. The van der Waals surface area contributed by atoms with E-state index in [1.807, 2.05) is 4.90 Å². The second-order valence-electron chi connectivity index (χ2n) is 10.2. The minimum Gasteiger partial charge on any atom is -0.341 e. The zero-order valence-corrected chi connectivity index (χ0v) is 23.5. The summed E-state index contributed by atoms with van der Waals surface area (Å²) >= 11 is 1.73. The molecule has 0 spiro atoms. The molecular weight excluding hydrogens is 530 g/mol. The first-order valence-corrected chi connectivity index (χ1v) is 14.6. The van der Waals surface area contributed by atoms with Gasteiger partial charge in [-0.05, 0) is 44.1 Å². The fourth-order valence-electron chi connectivity index (χ4n) is 5.28. The van der Waals surface area contributed by atoms with Crippen LogP contribution in [0.2, 0.25) is 0 Å². The Morgan fingerprint density at radius 2 is 2.00 bits per heavy atom. The molecule has 1 aromatic carbocycles. The van der Waals surface area contributed by atoms with Crippen molar-refractivity contribution in [3.05, 3.63) is 50.7 Å². The number of nitrogens with two attached hydrogens (primary N) is 1. The number of Topliss-reactive ketones (excluding diaryl/α,β-unsaturated/α-hetero) is 1. The smallest absolute Gasteiger partial charge is 0.332 e. The van der Waals surface area contributed by atoms with Gasteiger partial charge in [-0.15, -0.1) is 5.92 Å². The Labute approximate surface area is 235 Å². The molecule has 210 valence electrons. The van der Waals surface area contributed by atoms with Gasteiger partial charge in [-0.25, -0.2) is 4.79 Å². The zero-order valence-electron chi connectivity index (χ0n) is 22.7. The predicted molar refractivity (Wildman–Crippen MR) is 157 cm³/mol. The average Bonchev–Trinajstić information content (AvgIpc) is 3.62. The van der Waals surface area contributed by atoms with Crippen molar-refractivity contribution in [3.8, 4) is 11.8 Å². The van der Waals surface area contributed by atoms with E-state index in [0.29, 0.717) is 18.2 Å². The summed E-state index contributed by atoms with van der Waals surface area (Å²) in [6.45, 7) is 2.72. The second-order valence-corrected chi connectivity index (χ2v) is 11.3. The molecule has 2 aliphatic rings. The standard InChI is InChI=1S/C28H33N7O4S/c1-3-4-13-34-23-24(31-27(34)33-12-7-8-19(29)15-33)32(2)28(39)35(26(23)38)16-22(36)20-9-5-6-10-21(20)30-25(37)18-11-14-40-17-18/h5-6,9-10,18-19H,7-8,11-17,29H2,1-2H3,(H,30,37). The van der Waals surface area contributed by atoms with Crippen molar-refractivity contribution in [2.45, 2.75) is 45.3 Å². The van der Waals surface area contributed by atoms with Gasteiger partial charge in [0.15, 0.2) is 16.9 Å². The van der Waals surface area contributed by atoms with Gasteiger partial charge in [0.25, 0.3) is 5.56 Å². The largest absolute Gasteiger partial charge is 0.341 e. The summed E-state index contributed by atoms with van der Waals surface area (Å²) in [7, 11) is 1.54. The molecule has 0 aliphatic carbocycles. The second kappa shape index (κ2) is 11.7. The monoisotopic (exact) mass is 563 g/mol. The number of rotatable bonds is 7. The summed E-state index contributed by atoms with van der Waals surface area (Å²) in [6, 6.07) is 6.64. The Hall–Kier alpha value is -3.82. The number of imidazole rings is 1. The van der Waals surface area contributed by atoms with Crippen LogP contribution in [0.25, 0.3) is 11.2 Å². The van der Waals surface area contributed by atoms with Crippen LogP contribution >= 0.6 is 11.8 Å². The Balaban J connectivity index is 1.54. The highest BCUT2D eigenvalue weighted by molar-refractivity contribution is 7.99. The Kier molecular flexibility index (Phi) is 8.14. The number of hydrogen-bond donors (Lipinski definition) is 2. The molecule has 0 saturated carbocycles. The number of nitrogens with one attached hydrogen (secondary N) is 1. The Bertz CT molecular complexity index is 1640. The first-order chi connectivity index (χ1) is 19.3. The van der Waals surface area contributed by atoms with Crippen molar-refractivity contribution in [2.24, 2.45) is 18.7 Å². The van der Waals surface area contributed by atoms with E-state index < -0.39 is 23.6 Å². The molecular formula is C28H33N7O4S. The molecule has 0 radical (unpaired) electrons. The van der Waals surface area contributed by atoms with Crippen LogP contribution in [-0.2, 0) is 24.9 Å².